The standard InChI is InChI=1S/C13H11ClN4O/c1-8-3-4-10(5-9(8)2)19-12-6-11(14)17-13-15-7-16-18(12)13/h3-7H,1-2H3. The highest BCUT2D eigenvalue weighted by molar-refractivity contribution is 6.29. The fourth-order valence-electron chi connectivity index (χ4n) is 1.73. The van der Waals surface area contributed by atoms with Crippen LogP contribution >= 0.6 is 11.6 Å². The smallest absolute Gasteiger partial charge is 0.256 e. The lowest BCUT2D eigenvalue weighted by Gasteiger charge is -2.08. The molecule has 5 nitrogen and oxygen atoms in total. The summed E-state index contributed by atoms with van der Waals surface area (Å²) in [7, 11) is 0. The van der Waals surface area contributed by atoms with Crippen molar-refractivity contribution >= 4 is 17.4 Å². The number of hydrogen-bond donors (Lipinski definition) is 0. The second-order valence-corrected chi connectivity index (χ2v) is 4.62. The Morgan fingerprint density at radius 1 is 1.16 bits per heavy atom. The molecule has 0 spiro atoms. The van der Waals surface area contributed by atoms with Crippen molar-refractivity contribution in [2.45, 2.75) is 13.8 Å². The Hall–Kier alpha value is -2.14. The van der Waals surface area contributed by atoms with Crippen LogP contribution < -0.4 is 4.74 Å². The molecule has 19 heavy (non-hydrogen) atoms. The highest BCUT2D eigenvalue weighted by Gasteiger charge is 2.09. The van der Waals surface area contributed by atoms with Gasteiger partial charge in [0.05, 0.1) is 0 Å². The van der Waals surface area contributed by atoms with Crippen molar-refractivity contribution in [3.8, 4) is 11.6 Å². The maximum Gasteiger partial charge on any atom is 0.256 e. The predicted molar refractivity (Wildman–Crippen MR) is 71.8 cm³/mol. The Kier molecular flexibility index (Phi) is 2.83. The molecule has 0 aliphatic rings. The molecule has 0 saturated carbocycles. The largest absolute Gasteiger partial charge is 0.439 e. The summed E-state index contributed by atoms with van der Waals surface area (Å²) in [5.74, 6) is 1.62. The highest BCUT2D eigenvalue weighted by atomic mass is 35.5. The van der Waals surface area contributed by atoms with Crippen molar-refractivity contribution in [3.05, 3.63) is 46.9 Å². The van der Waals surface area contributed by atoms with Crippen LogP contribution in [0.3, 0.4) is 0 Å². The number of rotatable bonds is 2. The molecule has 0 aliphatic heterocycles. The van der Waals surface area contributed by atoms with Crippen LogP contribution in [0, 0.1) is 13.8 Å². The summed E-state index contributed by atoms with van der Waals surface area (Å²) in [5, 5.41) is 4.37. The topological polar surface area (TPSA) is 52.3 Å². The van der Waals surface area contributed by atoms with Gasteiger partial charge in [-0.05, 0) is 37.1 Å². The fourth-order valence-corrected chi connectivity index (χ4v) is 1.90. The van der Waals surface area contributed by atoms with E-state index < -0.39 is 0 Å². The monoisotopic (exact) mass is 274 g/mol. The number of halogens is 1. The zero-order chi connectivity index (χ0) is 13.4. The summed E-state index contributed by atoms with van der Waals surface area (Å²) < 4.78 is 7.30. The van der Waals surface area contributed by atoms with E-state index in [-0.39, 0.29) is 0 Å². The van der Waals surface area contributed by atoms with Gasteiger partial charge in [-0.2, -0.15) is 19.6 Å². The molecule has 6 heteroatoms. The van der Waals surface area contributed by atoms with E-state index in [1.54, 1.807) is 6.07 Å². The van der Waals surface area contributed by atoms with Crippen LogP contribution in [0.15, 0.2) is 30.6 Å². The fraction of sp³-hybridized carbons (Fsp3) is 0.154. The molecule has 2 heterocycles. The lowest BCUT2D eigenvalue weighted by molar-refractivity contribution is 0.445. The minimum atomic E-state index is 0.319. The minimum Gasteiger partial charge on any atom is -0.439 e. The summed E-state index contributed by atoms with van der Waals surface area (Å²) in [5.41, 5.74) is 2.37. The van der Waals surface area contributed by atoms with Gasteiger partial charge in [0.1, 0.15) is 17.2 Å². The van der Waals surface area contributed by atoms with E-state index in [1.165, 1.54) is 16.4 Å². The number of aryl methyl sites for hydroxylation is 2. The molecule has 0 N–H and O–H groups in total. The first-order valence-electron chi connectivity index (χ1n) is 5.75. The molecule has 0 fully saturated rings. The third kappa shape index (κ3) is 2.24. The first-order valence-corrected chi connectivity index (χ1v) is 6.13. The molecule has 96 valence electrons. The second-order valence-electron chi connectivity index (χ2n) is 4.24. The molecule has 0 aliphatic carbocycles. The van der Waals surface area contributed by atoms with Gasteiger partial charge in [0.15, 0.2) is 0 Å². The molecular formula is C13H11ClN4O. The average molecular weight is 275 g/mol. The Balaban J connectivity index is 2.04. The van der Waals surface area contributed by atoms with Crippen molar-refractivity contribution < 1.29 is 4.74 Å². The van der Waals surface area contributed by atoms with E-state index in [0.717, 1.165) is 11.3 Å². The van der Waals surface area contributed by atoms with Crippen molar-refractivity contribution in [1.29, 1.82) is 0 Å². The van der Waals surface area contributed by atoms with Gasteiger partial charge in [0.25, 0.3) is 5.78 Å². The van der Waals surface area contributed by atoms with Crippen LogP contribution in [0.1, 0.15) is 11.1 Å². The van der Waals surface area contributed by atoms with Gasteiger partial charge in [-0.15, -0.1) is 0 Å². The molecule has 0 radical (unpaired) electrons. The molecule has 1 aromatic carbocycles. The van der Waals surface area contributed by atoms with E-state index in [4.69, 9.17) is 16.3 Å². The minimum absolute atomic E-state index is 0.319. The summed E-state index contributed by atoms with van der Waals surface area (Å²) in [6.07, 6.45) is 1.41. The Morgan fingerprint density at radius 3 is 2.79 bits per heavy atom. The average Bonchev–Trinajstić information content (AvgIpc) is 2.82. The summed E-state index contributed by atoms with van der Waals surface area (Å²) >= 11 is 5.93. The number of hydrogen-bond acceptors (Lipinski definition) is 4. The molecule has 0 saturated heterocycles. The van der Waals surface area contributed by atoms with Gasteiger partial charge in [-0.3, -0.25) is 0 Å². The maximum absolute atomic E-state index is 5.93. The zero-order valence-corrected chi connectivity index (χ0v) is 11.2. The summed E-state index contributed by atoms with van der Waals surface area (Å²) in [6, 6.07) is 7.48. The van der Waals surface area contributed by atoms with Crippen molar-refractivity contribution in [2.75, 3.05) is 0 Å². The number of nitrogens with zero attached hydrogens (tertiary/aromatic N) is 4. The molecule has 3 aromatic rings. The molecule has 0 bridgehead atoms. The van der Waals surface area contributed by atoms with Crippen LogP contribution in [0.5, 0.6) is 11.6 Å². The van der Waals surface area contributed by atoms with Crippen molar-refractivity contribution in [3.63, 3.8) is 0 Å². The van der Waals surface area contributed by atoms with Gasteiger partial charge >= 0.3 is 0 Å². The first-order chi connectivity index (χ1) is 9.13. The Labute approximate surface area is 114 Å². The molecule has 2 aromatic heterocycles. The number of fused-ring (bicyclic) bond motifs is 1. The van der Waals surface area contributed by atoms with Crippen molar-refractivity contribution in [2.24, 2.45) is 0 Å². The van der Waals surface area contributed by atoms with Gasteiger partial charge in [-0.25, -0.2) is 0 Å². The summed E-state index contributed by atoms with van der Waals surface area (Å²) in [4.78, 5) is 8.03. The SMILES string of the molecule is Cc1ccc(Oc2cc(Cl)nc3ncnn23)cc1C. The lowest BCUT2D eigenvalue weighted by Crippen LogP contribution is -1.98. The zero-order valence-electron chi connectivity index (χ0n) is 10.5. The number of aromatic nitrogens is 4. The maximum atomic E-state index is 5.93. The molecule has 3 rings (SSSR count). The summed E-state index contributed by atoms with van der Waals surface area (Å²) in [6.45, 7) is 4.09. The quantitative estimate of drug-likeness (QED) is 0.674. The van der Waals surface area contributed by atoms with E-state index in [2.05, 4.69) is 22.0 Å². The third-order valence-corrected chi connectivity index (χ3v) is 3.08. The Morgan fingerprint density at radius 2 is 2.00 bits per heavy atom. The number of benzene rings is 1. The second kappa shape index (κ2) is 4.51. The highest BCUT2D eigenvalue weighted by Crippen LogP contribution is 2.25. The number of ether oxygens (including phenoxy) is 1. The third-order valence-electron chi connectivity index (χ3n) is 2.89. The van der Waals surface area contributed by atoms with Crippen LogP contribution in [0.2, 0.25) is 5.15 Å². The van der Waals surface area contributed by atoms with E-state index in [9.17, 15) is 0 Å². The van der Waals surface area contributed by atoms with Gasteiger partial charge in [-0.1, -0.05) is 17.7 Å². The normalized spacial score (nSPS) is 10.9. The van der Waals surface area contributed by atoms with Gasteiger partial charge in [0, 0.05) is 6.07 Å². The van der Waals surface area contributed by atoms with Crippen LogP contribution in [-0.2, 0) is 0 Å². The first kappa shape index (κ1) is 11.9. The molecule has 0 atom stereocenters. The molecule has 0 unspecified atom stereocenters. The van der Waals surface area contributed by atoms with Crippen LogP contribution in [0.25, 0.3) is 5.78 Å². The van der Waals surface area contributed by atoms with E-state index in [0.29, 0.717) is 16.8 Å². The lowest BCUT2D eigenvalue weighted by atomic mass is 10.1. The van der Waals surface area contributed by atoms with E-state index >= 15 is 0 Å². The van der Waals surface area contributed by atoms with Crippen molar-refractivity contribution in [1.82, 2.24) is 19.6 Å². The van der Waals surface area contributed by atoms with Gasteiger partial charge < -0.3 is 4.74 Å². The predicted octanol–water partition coefficient (Wildman–Crippen LogP) is 3.19. The van der Waals surface area contributed by atoms with Crippen LogP contribution in [0.4, 0.5) is 0 Å². The Bertz CT molecular complexity index is 753. The van der Waals surface area contributed by atoms with E-state index in [1.807, 2.05) is 25.1 Å². The van der Waals surface area contributed by atoms with Crippen LogP contribution in [-0.4, -0.2) is 19.6 Å². The molecular weight excluding hydrogens is 264 g/mol. The van der Waals surface area contributed by atoms with Gasteiger partial charge in [0.2, 0.25) is 5.88 Å². The molecule has 0 amide bonds.